The van der Waals surface area contributed by atoms with Crippen LogP contribution in [0.3, 0.4) is 0 Å². The van der Waals surface area contributed by atoms with Gasteiger partial charge in [0.15, 0.2) is 11.0 Å². The van der Waals surface area contributed by atoms with E-state index in [2.05, 4.69) is 27.5 Å². The van der Waals surface area contributed by atoms with E-state index in [0.29, 0.717) is 22.6 Å². The molecular weight excluding hydrogens is 262 g/mol. The molecule has 19 heavy (non-hydrogen) atoms. The summed E-state index contributed by atoms with van der Waals surface area (Å²) in [7, 11) is 0. The van der Waals surface area contributed by atoms with Gasteiger partial charge in [0.2, 0.25) is 0 Å². The molecule has 1 unspecified atom stereocenters. The van der Waals surface area contributed by atoms with E-state index in [1.54, 1.807) is 17.4 Å². The fourth-order valence-electron chi connectivity index (χ4n) is 1.86. The first-order chi connectivity index (χ1) is 9.25. The van der Waals surface area contributed by atoms with Gasteiger partial charge in [-0.05, 0) is 22.4 Å². The summed E-state index contributed by atoms with van der Waals surface area (Å²) in [5.41, 5.74) is 8.49. The van der Waals surface area contributed by atoms with Crippen molar-refractivity contribution < 1.29 is 4.63 Å². The number of hydrogen-bond acceptors (Lipinski definition) is 7. The third-order valence-corrected chi connectivity index (χ3v) is 3.93. The van der Waals surface area contributed by atoms with Crippen LogP contribution < -0.4 is 11.1 Å². The third-order valence-electron chi connectivity index (χ3n) is 2.92. The van der Waals surface area contributed by atoms with E-state index in [4.69, 9.17) is 10.4 Å². The Balaban J connectivity index is 1.79. The lowest BCUT2D eigenvalue weighted by molar-refractivity contribution is 0.315. The normalized spacial score (nSPS) is 12.7. The highest BCUT2D eigenvalue weighted by Crippen LogP contribution is 2.26. The van der Waals surface area contributed by atoms with Gasteiger partial charge in [0.25, 0.3) is 0 Å². The van der Waals surface area contributed by atoms with E-state index >= 15 is 0 Å². The lowest BCUT2D eigenvalue weighted by Gasteiger charge is -2.11. The Labute approximate surface area is 113 Å². The van der Waals surface area contributed by atoms with Gasteiger partial charge in [-0.25, -0.2) is 9.61 Å². The second-order valence-corrected chi connectivity index (χ2v) is 5.24. The molecule has 0 spiro atoms. The van der Waals surface area contributed by atoms with Crippen LogP contribution in [0.2, 0.25) is 0 Å². The molecule has 3 aromatic rings. The number of nitrogens with one attached hydrogen (secondary N) is 1. The first-order valence-corrected chi connectivity index (χ1v) is 6.77. The van der Waals surface area contributed by atoms with Gasteiger partial charge in [0.05, 0.1) is 16.4 Å². The Kier molecular flexibility index (Phi) is 3.04. The van der Waals surface area contributed by atoms with E-state index in [0.717, 1.165) is 17.2 Å². The maximum absolute atomic E-state index is 5.80. The zero-order valence-electron chi connectivity index (χ0n) is 10.3. The van der Waals surface area contributed by atoms with Crippen LogP contribution in [-0.4, -0.2) is 21.8 Å². The molecule has 1 atom stereocenters. The first kappa shape index (κ1) is 11.9. The third kappa shape index (κ3) is 2.24. The van der Waals surface area contributed by atoms with Gasteiger partial charge in [-0.1, -0.05) is 6.92 Å². The fourth-order valence-corrected chi connectivity index (χ4v) is 2.56. The van der Waals surface area contributed by atoms with Crippen molar-refractivity contribution in [2.45, 2.75) is 12.8 Å². The molecule has 0 saturated carbocycles. The second-order valence-electron chi connectivity index (χ2n) is 4.32. The van der Waals surface area contributed by atoms with Crippen molar-refractivity contribution in [2.75, 3.05) is 17.6 Å². The zero-order chi connectivity index (χ0) is 13.2. The molecule has 0 fully saturated rings. The number of fused-ring (bicyclic) bond motifs is 1. The van der Waals surface area contributed by atoms with Crippen LogP contribution >= 0.6 is 11.3 Å². The summed E-state index contributed by atoms with van der Waals surface area (Å²) in [6.07, 6.45) is 1.82. The molecule has 0 aliphatic rings. The van der Waals surface area contributed by atoms with Crippen molar-refractivity contribution >= 4 is 33.7 Å². The molecule has 6 nitrogen and oxygen atoms in total. The van der Waals surface area contributed by atoms with Gasteiger partial charge < -0.3 is 11.1 Å². The van der Waals surface area contributed by atoms with Crippen LogP contribution in [0.5, 0.6) is 0 Å². The van der Waals surface area contributed by atoms with E-state index in [-0.39, 0.29) is 0 Å². The lowest BCUT2D eigenvalue weighted by Crippen LogP contribution is -2.10. The topological polar surface area (TPSA) is 89.9 Å². The SMILES string of the molecule is CC(CNc1ccc(N)c2nonc12)c1nccs1. The van der Waals surface area contributed by atoms with Crippen LogP contribution in [-0.2, 0) is 0 Å². The molecule has 0 radical (unpaired) electrons. The minimum absolute atomic E-state index is 0.326. The van der Waals surface area contributed by atoms with Crippen LogP contribution in [0.15, 0.2) is 28.3 Å². The quantitative estimate of drug-likeness (QED) is 0.711. The largest absolute Gasteiger partial charge is 0.397 e. The van der Waals surface area contributed by atoms with E-state index in [1.807, 2.05) is 17.6 Å². The first-order valence-electron chi connectivity index (χ1n) is 5.89. The number of aromatic nitrogens is 3. The Morgan fingerprint density at radius 2 is 2.21 bits per heavy atom. The summed E-state index contributed by atoms with van der Waals surface area (Å²) in [5.74, 6) is 0.326. The number of nitrogen functional groups attached to an aromatic ring is 1. The Bertz CT molecular complexity index is 679. The van der Waals surface area contributed by atoms with E-state index < -0.39 is 0 Å². The summed E-state index contributed by atoms with van der Waals surface area (Å²) >= 11 is 1.66. The van der Waals surface area contributed by atoms with E-state index in [9.17, 15) is 0 Å². The Hall–Kier alpha value is -2.15. The van der Waals surface area contributed by atoms with Gasteiger partial charge in [-0.15, -0.1) is 11.3 Å². The molecule has 3 N–H and O–H groups in total. The van der Waals surface area contributed by atoms with Crippen LogP contribution in [0.1, 0.15) is 17.8 Å². The van der Waals surface area contributed by atoms with Crippen molar-refractivity contribution in [3.63, 3.8) is 0 Å². The highest BCUT2D eigenvalue weighted by atomic mass is 32.1. The predicted molar refractivity (Wildman–Crippen MR) is 75.2 cm³/mol. The smallest absolute Gasteiger partial charge is 0.160 e. The van der Waals surface area contributed by atoms with Gasteiger partial charge in [0, 0.05) is 24.0 Å². The molecule has 0 aliphatic heterocycles. The molecular formula is C12H13N5OS. The summed E-state index contributed by atoms with van der Waals surface area (Å²) in [6.45, 7) is 2.89. The minimum Gasteiger partial charge on any atom is -0.397 e. The average Bonchev–Trinajstić information content (AvgIpc) is 3.09. The van der Waals surface area contributed by atoms with Gasteiger partial charge in [0.1, 0.15) is 0 Å². The number of benzene rings is 1. The average molecular weight is 275 g/mol. The Morgan fingerprint density at radius 1 is 1.37 bits per heavy atom. The molecule has 2 aromatic heterocycles. The molecule has 0 saturated heterocycles. The number of nitrogens with zero attached hydrogens (tertiary/aromatic N) is 3. The molecule has 98 valence electrons. The second kappa shape index (κ2) is 4.85. The maximum atomic E-state index is 5.80. The van der Waals surface area contributed by atoms with Crippen molar-refractivity contribution in [1.29, 1.82) is 0 Å². The molecule has 0 bridgehead atoms. The molecule has 7 heteroatoms. The van der Waals surface area contributed by atoms with Crippen LogP contribution in [0.25, 0.3) is 11.0 Å². The zero-order valence-corrected chi connectivity index (χ0v) is 11.1. The molecule has 0 aliphatic carbocycles. The molecule has 3 rings (SSSR count). The number of hydrogen-bond donors (Lipinski definition) is 2. The highest BCUT2D eigenvalue weighted by molar-refractivity contribution is 7.09. The Morgan fingerprint density at radius 3 is 3.00 bits per heavy atom. The number of anilines is 2. The lowest BCUT2D eigenvalue weighted by atomic mass is 10.2. The number of nitrogens with two attached hydrogens (primary N) is 1. The van der Waals surface area contributed by atoms with Crippen molar-refractivity contribution in [3.8, 4) is 0 Å². The van der Waals surface area contributed by atoms with Crippen molar-refractivity contribution in [3.05, 3.63) is 28.7 Å². The van der Waals surface area contributed by atoms with Crippen LogP contribution in [0, 0.1) is 0 Å². The minimum atomic E-state index is 0.326. The predicted octanol–water partition coefficient (Wildman–Crippen LogP) is 2.48. The maximum Gasteiger partial charge on any atom is 0.160 e. The van der Waals surface area contributed by atoms with Gasteiger partial charge in [-0.3, -0.25) is 0 Å². The van der Waals surface area contributed by atoms with E-state index in [1.165, 1.54) is 0 Å². The monoisotopic (exact) mass is 275 g/mol. The fraction of sp³-hybridized carbons (Fsp3) is 0.250. The number of thiazole rings is 1. The van der Waals surface area contributed by atoms with Gasteiger partial charge in [-0.2, -0.15) is 0 Å². The number of rotatable bonds is 4. The summed E-state index contributed by atoms with van der Waals surface area (Å²) in [6, 6.07) is 3.68. The summed E-state index contributed by atoms with van der Waals surface area (Å²) in [4.78, 5) is 4.31. The molecule has 1 aromatic carbocycles. The van der Waals surface area contributed by atoms with Crippen molar-refractivity contribution in [1.82, 2.24) is 15.3 Å². The van der Waals surface area contributed by atoms with Crippen LogP contribution in [0.4, 0.5) is 11.4 Å². The van der Waals surface area contributed by atoms with Gasteiger partial charge >= 0.3 is 0 Å². The summed E-state index contributed by atoms with van der Waals surface area (Å²) < 4.78 is 4.74. The molecule has 2 heterocycles. The molecule has 0 amide bonds. The standard InChI is InChI=1S/C12H13N5OS/c1-7(12-14-4-5-19-12)6-15-9-3-2-8(13)10-11(9)17-18-16-10/h2-5,7,15H,6,13H2,1H3. The van der Waals surface area contributed by atoms with Crippen molar-refractivity contribution in [2.24, 2.45) is 0 Å². The highest BCUT2D eigenvalue weighted by Gasteiger charge is 2.12. The summed E-state index contributed by atoms with van der Waals surface area (Å²) in [5, 5.41) is 14.1.